The number of rotatable bonds is 8. The second-order valence-corrected chi connectivity index (χ2v) is 6.66. The van der Waals surface area contributed by atoms with Crippen molar-refractivity contribution in [1.82, 2.24) is 4.98 Å². The number of pyridine rings is 1. The minimum absolute atomic E-state index is 0.0316. The molecule has 1 unspecified atom stereocenters. The molecule has 0 amide bonds. The fraction of sp³-hybridized carbons (Fsp3) is 0.200. The molecule has 30 heavy (non-hydrogen) atoms. The molecule has 3 rings (SSSR count). The third-order valence-corrected chi connectivity index (χ3v) is 4.60. The van der Waals surface area contributed by atoms with Crippen molar-refractivity contribution in [3.63, 3.8) is 0 Å². The Labute approximate surface area is 176 Å². The Hall–Kier alpha value is -3.78. The third-order valence-electron chi connectivity index (χ3n) is 4.60. The monoisotopic (exact) mass is 401 g/mol. The fourth-order valence-electron chi connectivity index (χ4n) is 3.13. The van der Waals surface area contributed by atoms with Crippen LogP contribution in [0.25, 0.3) is 11.1 Å². The summed E-state index contributed by atoms with van der Waals surface area (Å²) in [4.78, 5) is 15.5. The molecular formula is C25H23NO4. The Kier molecular flexibility index (Phi) is 7.07. The number of hydrogen-bond acceptors (Lipinski definition) is 4. The van der Waals surface area contributed by atoms with Gasteiger partial charge in [0.15, 0.2) is 0 Å². The maximum Gasteiger partial charge on any atom is 0.304 e. The van der Waals surface area contributed by atoms with Crippen molar-refractivity contribution in [3.05, 3.63) is 78.0 Å². The zero-order valence-corrected chi connectivity index (χ0v) is 17.0. The van der Waals surface area contributed by atoms with Crippen LogP contribution in [-0.2, 0) is 11.4 Å². The molecule has 0 fully saturated rings. The molecule has 0 aliphatic heterocycles. The summed E-state index contributed by atoms with van der Waals surface area (Å²) in [6, 6.07) is 19.3. The van der Waals surface area contributed by atoms with E-state index in [2.05, 4.69) is 16.8 Å². The number of nitrogens with zero attached hydrogens (tertiary/aromatic N) is 1. The smallest absolute Gasteiger partial charge is 0.304 e. The van der Waals surface area contributed by atoms with Crippen LogP contribution in [0.5, 0.6) is 11.6 Å². The first-order valence-electron chi connectivity index (χ1n) is 9.56. The van der Waals surface area contributed by atoms with E-state index in [1.54, 1.807) is 20.2 Å². The molecule has 5 heteroatoms. The van der Waals surface area contributed by atoms with Crippen LogP contribution in [0.3, 0.4) is 0 Å². The molecule has 152 valence electrons. The minimum atomic E-state index is -0.874. The van der Waals surface area contributed by atoms with Gasteiger partial charge in [0.05, 0.1) is 25.0 Å². The first-order chi connectivity index (χ1) is 14.6. The van der Waals surface area contributed by atoms with Crippen molar-refractivity contribution in [2.75, 3.05) is 7.11 Å². The highest BCUT2D eigenvalue weighted by atomic mass is 16.5. The summed E-state index contributed by atoms with van der Waals surface area (Å²) < 4.78 is 11.3. The quantitative estimate of drug-likeness (QED) is 0.543. The lowest BCUT2D eigenvalue weighted by molar-refractivity contribution is -0.137. The molecule has 3 aromatic rings. The standard InChI is InChI=1S/C25H23NO4/c1-3-7-20(15-24(27)28)19-10-12-23(13-11-19)30-17-22-14-21(16-26-25(22)29-2)18-8-5-4-6-9-18/h4-6,8-14,16,20H,15,17H2,1-2H3,(H,27,28). The molecule has 1 atom stereocenters. The van der Waals surface area contributed by atoms with Crippen molar-refractivity contribution < 1.29 is 19.4 Å². The number of ether oxygens (including phenoxy) is 2. The van der Waals surface area contributed by atoms with Crippen molar-refractivity contribution in [2.24, 2.45) is 0 Å². The summed E-state index contributed by atoms with van der Waals surface area (Å²) in [6.45, 7) is 2.00. The molecule has 1 aromatic heterocycles. The maximum absolute atomic E-state index is 11.1. The minimum Gasteiger partial charge on any atom is -0.489 e. The van der Waals surface area contributed by atoms with Crippen LogP contribution in [0, 0.1) is 11.8 Å². The second-order valence-electron chi connectivity index (χ2n) is 6.66. The zero-order chi connectivity index (χ0) is 21.3. The molecule has 0 saturated carbocycles. The molecule has 0 bridgehead atoms. The lowest BCUT2D eigenvalue weighted by atomic mass is 9.96. The second kappa shape index (κ2) is 10.1. The van der Waals surface area contributed by atoms with E-state index in [0.717, 1.165) is 22.3 Å². The van der Waals surface area contributed by atoms with Crippen LogP contribution < -0.4 is 9.47 Å². The molecule has 2 aromatic carbocycles. The molecule has 0 aliphatic carbocycles. The number of carbonyl (C=O) groups is 1. The van der Waals surface area contributed by atoms with Crippen LogP contribution >= 0.6 is 0 Å². The number of aliphatic carboxylic acids is 1. The third kappa shape index (κ3) is 5.39. The fourth-order valence-corrected chi connectivity index (χ4v) is 3.13. The van der Waals surface area contributed by atoms with E-state index in [1.165, 1.54) is 0 Å². The van der Waals surface area contributed by atoms with Gasteiger partial charge in [0, 0.05) is 11.8 Å². The van der Waals surface area contributed by atoms with E-state index in [9.17, 15) is 4.79 Å². The first kappa shape index (κ1) is 20.9. The normalized spacial score (nSPS) is 11.1. The predicted molar refractivity (Wildman–Crippen MR) is 115 cm³/mol. The lowest BCUT2D eigenvalue weighted by Gasteiger charge is -2.13. The highest BCUT2D eigenvalue weighted by Gasteiger charge is 2.13. The number of carboxylic acids is 1. The summed E-state index contributed by atoms with van der Waals surface area (Å²) >= 11 is 0. The van der Waals surface area contributed by atoms with Gasteiger partial charge in [0.1, 0.15) is 12.4 Å². The van der Waals surface area contributed by atoms with E-state index in [4.69, 9.17) is 14.6 Å². The zero-order valence-electron chi connectivity index (χ0n) is 17.0. The number of methoxy groups -OCH3 is 1. The van der Waals surface area contributed by atoms with E-state index < -0.39 is 5.97 Å². The highest BCUT2D eigenvalue weighted by molar-refractivity contribution is 5.69. The average molecular weight is 401 g/mol. The molecule has 0 spiro atoms. The van der Waals surface area contributed by atoms with Gasteiger partial charge in [0.25, 0.3) is 0 Å². The Morgan fingerprint density at radius 3 is 2.47 bits per heavy atom. The van der Waals surface area contributed by atoms with Crippen molar-refractivity contribution in [1.29, 1.82) is 0 Å². The first-order valence-corrected chi connectivity index (χ1v) is 9.56. The van der Waals surface area contributed by atoms with Crippen LogP contribution in [-0.4, -0.2) is 23.2 Å². The van der Waals surface area contributed by atoms with Crippen LogP contribution in [0.1, 0.15) is 30.4 Å². The van der Waals surface area contributed by atoms with Gasteiger partial charge < -0.3 is 14.6 Å². The summed E-state index contributed by atoms with van der Waals surface area (Å²) in [6.07, 6.45) is 1.75. The number of aromatic nitrogens is 1. The average Bonchev–Trinajstić information content (AvgIpc) is 2.78. The van der Waals surface area contributed by atoms with Crippen LogP contribution in [0.2, 0.25) is 0 Å². The number of hydrogen-bond donors (Lipinski definition) is 1. The van der Waals surface area contributed by atoms with Gasteiger partial charge in [-0.3, -0.25) is 4.79 Å². The Bertz CT molecular complexity index is 1050. The van der Waals surface area contributed by atoms with Crippen LogP contribution in [0.4, 0.5) is 0 Å². The Morgan fingerprint density at radius 1 is 1.10 bits per heavy atom. The van der Waals surface area contributed by atoms with E-state index in [1.807, 2.05) is 60.7 Å². The van der Waals surface area contributed by atoms with Crippen molar-refractivity contribution >= 4 is 5.97 Å². The molecule has 0 aliphatic rings. The molecular weight excluding hydrogens is 378 g/mol. The maximum atomic E-state index is 11.1. The van der Waals surface area contributed by atoms with E-state index in [0.29, 0.717) is 18.2 Å². The molecule has 0 saturated heterocycles. The topological polar surface area (TPSA) is 68.7 Å². The van der Waals surface area contributed by atoms with Gasteiger partial charge in [-0.25, -0.2) is 4.98 Å². The van der Waals surface area contributed by atoms with Gasteiger partial charge in [-0.15, -0.1) is 5.92 Å². The van der Waals surface area contributed by atoms with Gasteiger partial charge in [-0.2, -0.15) is 0 Å². The summed E-state index contributed by atoms with van der Waals surface area (Å²) in [5, 5.41) is 9.08. The summed E-state index contributed by atoms with van der Waals surface area (Å²) in [5.41, 5.74) is 3.74. The van der Waals surface area contributed by atoms with E-state index in [-0.39, 0.29) is 12.3 Å². The lowest BCUT2D eigenvalue weighted by Crippen LogP contribution is -2.05. The van der Waals surface area contributed by atoms with Crippen molar-refractivity contribution in [3.8, 4) is 34.6 Å². The molecule has 0 radical (unpaired) electrons. The van der Waals surface area contributed by atoms with Crippen LogP contribution in [0.15, 0.2) is 66.9 Å². The van der Waals surface area contributed by atoms with Crippen molar-refractivity contribution in [2.45, 2.75) is 25.9 Å². The molecule has 1 N–H and O–H groups in total. The highest BCUT2D eigenvalue weighted by Crippen LogP contribution is 2.26. The summed E-state index contributed by atoms with van der Waals surface area (Å²) in [7, 11) is 1.58. The molecule has 1 heterocycles. The van der Waals surface area contributed by atoms with Gasteiger partial charge in [-0.1, -0.05) is 48.4 Å². The summed E-state index contributed by atoms with van der Waals surface area (Å²) in [5.74, 6) is 5.72. The molecule has 5 nitrogen and oxygen atoms in total. The van der Waals surface area contributed by atoms with Gasteiger partial charge >= 0.3 is 5.97 Å². The van der Waals surface area contributed by atoms with Gasteiger partial charge in [0.2, 0.25) is 5.88 Å². The Morgan fingerprint density at radius 2 is 1.83 bits per heavy atom. The predicted octanol–water partition coefficient (Wildman–Crippen LogP) is 4.92. The van der Waals surface area contributed by atoms with Gasteiger partial charge in [-0.05, 0) is 36.2 Å². The number of benzene rings is 2. The largest absolute Gasteiger partial charge is 0.489 e. The number of carboxylic acid groups (broad SMARTS) is 1. The SMILES string of the molecule is CC#CC(CC(=O)O)c1ccc(OCc2cc(-c3ccccc3)cnc2OC)cc1. The van der Waals surface area contributed by atoms with E-state index >= 15 is 0 Å². The Balaban J connectivity index is 1.74.